The molecule has 100 valence electrons. The van der Waals surface area contributed by atoms with Gasteiger partial charge in [-0.15, -0.1) is 0 Å². The van der Waals surface area contributed by atoms with E-state index in [1.54, 1.807) is 17.2 Å². The number of aromatic nitrogens is 4. The summed E-state index contributed by atoms with van der Waals surface area (Å²) in [4.78, 5) is 21.9. The van der Waals surface area contributed by atoms with Crippen LogP contribution in [0.4, 0.5) is 9.93 Å². The van der Waals surface area contributed by atoms with E-state index in [0.29, 0.717) is 5.13 Å². The summed E-state index contributed by atoms with van der Waals surface area (Å²) in [7, 11) is 0. The van der Waals surface area contributed by atoms with Crippen LogP contribution in [0.5, 0.6) is 0 Å². The van der Waals surface area contributed by atoms with E-state index in [1.165, 1.54) is 24.1 Å². The Kier molecular flexibility index (Phi) is 3.41. The molecule has 1 aliphatic rings. The first-order chi connectivity index (χ1) is 9.33. The minimum atomic E-state index is -0.0702. The summed E-state index contributed by atoms with van der Waals surface area (Å²) in [5, 5.41) is 8.26. The van der Waals surface area contributed by atoms with Crippen molar-refractivity contribution in [1.82, 2.24) is 24.6 Å². The second-order valence-corrected chi connectivity index (χ2v) is 5.33. The largest absolute Gasteiger partial charge is 0.324 e. The van der Waals surface area contributed by atoms with Gasteiger partial charge in [0, 0.05) is 13.1 Å². The number of amides is 2. The van der Waals surface area contributed by atoms with E-state index in [9.17, 15) is 4.79 Å². The third-order valence-corrected chi connectivity index (χ3v) is 3.90. The highest BCUT2D eigenvalue weighted by molar-refractivity contribution is 7.18. The van der Waals surface area contributed by atoms with Crippen LogP contribution in [0.15, 0.2) is 18.9 Å². The number of nitrogens with one attached hydrogen (secondary N) is 1. The van der Waals surface area contributed by atoms with E-state index in [-0.39, 0.29) is 6.03 Å². The number of rotatable bonds is 2. The van der Waals surface area contributed by atoms with Crippen LogP contribution in [-0.2, 0) is 0 Å². The molecule has 2 amide bonds. The molecule has 0 aromatic carbocycles. The van der Waals surface area contributed by atoms with Crippen molar-refractivity contribution in [1.29, 1.82) is 0 Å². The van der Waals surface area contributed by atoms with E-state index >= 15 is 0 Å². The van der Waals surface area contributed by atoms with Crippen molar-refractivity contribution in [2.45, 2.75) is 19.3 Å². The standard InChI is InChI=1S/C11H14N6OS/c18-11(16-4-2-1-3-5-16)15-10-13-6-9(19-10)17-8-12-7-14-17/h6-8H,1-5H2,(H,13,15,18). The quantitative estimate of drug-likeness (QED) is 0.908. The molecule has 1 aliphatic heterocycles. The van der Waals surface area contributed by atoms with Gasteiger partial charge < -0.3 is 4.90 Å². The predicted octanol–water partition coefficient (Wildman–Crippen LogP) is 1.74. The van der Waals surface area contributed by atoms with Crippen LogP contribution in [0.25, 0.3) is 5.00 Å². The first-order valence-electron chi connectivity index (χ1n) is 6.20. The highest BCUT2D eigenvalue weighted by Crippen LogP contribution is 2.21. The number of nitrogens with zero attached hydrogens (tertiary/aromatic N) is 5. The van der Waals surface area contributed by atoms with Gasteiger partial charge in [0.15, 0.2) is 5.13 Å². The minimum absolute atomic E-state index is 0.0702. The summed E-state index contributed by atoms with van der Waals surface area (Å²) in [5.74, 6) is 0. The number of carbonyl (C=O) groups is 1. The molecule has 0 spiro atoms. The van der Waals surface area contributed by atoms with E-state index in [2.05, 4.69) is 20.4 Å². The molecular weight excluding hydrogens is 264 g/mol. The molecule has 7 nitrogen and oxygen atoms in total. The lowest BCUT2D eigenvalue weighted by molar-refractivity contribution is 0.200. The van der Waals surface area contributed by atoms with Gasteiger partial charge in [-0.3, -0.25) is 5.32 Å². The molecule has 1 saturated heterocycles. The van der Waals surface area contributed by atoms with Gasteiger partial charge in [0.2, 0.25) is 0 Å². The molecule has 1 fully saturated rings. The SMILES string of the molecule is O=C(Nc1ncc(-n2cncn2)s1)N1CCCCC1. The Morgan fingerprint density at radius 3 is 2.89 bits per heavy atom. The van der Waals surface area contributed by atoms with E-state index in [4.69, 9.17) is 0 Å². The molecule has 1 N–H and O–H groups in total. The van der Waals surface area contributed by atoms with Gasteiger partial charge in [0.05, 0.1) is 6.20 Å². The van der Waals surface area contributed by atoms with Crippen molar-refractivity contribution < 1.29 is 4.79 Å². The third kappa shape index (κ3) is 2.73. The first kappa shape index (κ1) is 12.1. The average molecular weight is 278 g/mol. The van der Waals surface area contributed by atoms with Crippen molar-refractivity contribution in [3.63, 3.8) is 0 Å². The van der Waals surface area contributed by atoms with Crippen LogP contribution in [0.2, 0.25) is 0 Å². The predicted molar refractivity (Wildman–Crippen MR) is 71.5 cm³/mol. The smallest absolute Gasteiger partial charge is 0.323 e. The Morgan fingerprint density at radius 1 is 1.32 bits per heavy atom. The number of urea groups is 1. The molecule has 2 aromatic rings. The van der Waals surface area contributed by atoms with Crippen molar-refractivity contribution >= 4 is 22.5 Å². The summed E-state index contributed by atoms with van der Waals surface area (Å²) in [6.45, 7) is 1.65. The Labute approximate surface area is 114 Å². The Bertz CT molecular complexity index is 545. The average Bonchev–Trinajstić information content (AvgIpc) is 3.10. The molecule has 19 heavy (non-hydrogen) atoms. The number of thiazole rings is 1. The van der Waals surface area contributed by atoms with Crippen LogP contribution < -0.4 is 5.32 Å². The maximum Gasteiger partial charge on any atom is 0.323 e. The molecule has 3 heterocycles. The third-order valence-electron chi connectivity index (χ3n) is 3.00. The summed E-state index contributed by atoms with van der Waals surface area (Å²) in [6.07, 6.45) is 8.10. The Hall–Kier alpha value is -1.96. The highest BCUT2D eigenvalue weighted by Gasteiger charge is 2.17. The van der Waals surface area contributed by atoms with Gasteiger partial charge in [-0.05, 0) is 19.3 Å². The van der Waals surface area contributed by atoms with Crippen LogP contribution in [-0.4, -0.2) is 43.8 Å². The zero-order valence-electron chi connectivity index (χ0n) is 10.3. The normalized spacial score (nSPS) is 15.5. The molecule has 0 bridgehead atoms. The Balaban J connectivity index is 1.65. The van der Waals surface area contributed by atoms with Gasteiger partial charge in [-0.25, -0.2) is 19.4 Å². The topological polar surface area (TPSA) is 75.9 Å². The number of hydrogen-bond acceptors (Lipinski definition) is 5. The zero-order valence-corrected chi connectivity index (χ0v) is 11.1. The summed E-state index contributed by atoms with van der Waals surface area (Å²) < 4.78 is 1.62. The van der Waals surface area contributed by atoms with Gasteiger partial charge in [-0.2, -0.15) is 5.10 Å². The lowest BCUT2D eigenvalue weighted by Crippen LogP contribution is -2.38. The van der Waals surface area contributed by atoms with E-state index in [0.717, 1.165) is 30.9 Å². The minimum Gasteiger partial charge on any atom is -0.324 e. The van der Waals surface area contributed by atoms with Gasteiger partial charge in [0.1, 0.15) is 17.7 Å². The monoisotopic (exact) mass is 278 g/mol. The fourth-order valence-corrected chi connectivity index (χ4v) is 2.75. The molecule has 0 saturated carbocycles. The van der Waals surface area contributed by atoms with Crippen molar-refractivity contribution in [3.8, 4) is 5.00 Å². The summed E-state index contributed by atoms with van der Waals surface area (Å²) in [6, 6.07) is -0.0702. The van der Waals surface area contributed by atoms with Crippen molar-refractivity contribution in [2.24, 2.45) is 0 Å². The van der Waals surface area contributed by atoms with Crippen LogP contribution >= 0.6 is 11.3 Å². The van der Waals surface area contributed by atoms with Crippen LogP contribution in [0, 0.1) is 0 Å². The maximum atomic E-state index is 12.0. The van der Waals surface area contributed by atoms with Gasteiger partial charge in [0.25, 0.3) is 0 Å². The van der Waals surface area contributed by atoms with Gasteiger partial charge >= 0.3 is 6.03 Å². The maximum absolute atomic E-state index is 12.0. The van der Waals surface area contributed by atoms with Crippen molar-refractivity contribution in [2.75, 3.05) is 18.4 Å². The molecule has 0 unspecified atom stereocenters. The number of carbonyl (C=O) groups excluding carboxylic acids is 1. The molecule has 0 atom stereocenters. The fraction of sp³-hybridized carbons (Fsp3) is 0.455. The molecular formula is C11H14N6OS. The number of hydrogen-bond donors (Lipinski definition) is 1. The van der Waals surface area contributed by atoms with Crippen LogP contribution in [0.1, 0.15) is 19.3 Å². The van der Waals surface area contributed by atoms with Gasteiger partial charge in [-0.1, -0.05) is 11.3 Å². The fourth-order valence-electron chi connectivity index (χ4n) is 2.02. The first-order valence-corrected chi connectivity index (χ1v) is 7.01. The molecule has 0 radical (unpaired) electrons. The van der Waals surface area contributed by atoms with E-state index in [1.807, 2.05) is 4.90 Å². The highest BCUT2D eigenvalue weighted by atomic mass is 32.1. The lowest BCUT2D eigenvalue weighted by Gasteiger charge is -2.26. The Morgan fingerprint density at radius 2 is 2.16 bits per heavy atom. The molecule has 0 aliphatic carbocycles. The number of piperidine rings is 1. The van der Waals surface area contributed by atoms with Crippen LogP contribution in [0.3, 0.4) is 0 Å². The lowest BCUT2D eigenvalue weighted by atomic mass is 10.1. The zero-order chi connectivity index (χ0) is 13.1. The van der Waals surface area contributed by atoms with Crippen molar-refractivity contribution in [3.05, 3.63) is 18.9 Å². The second kappa shape index (κ2) is 5.35. The molecule has 3 rings (SSSR count). The molecule has 2 aromatic heterocycles. The van der Waals surface area contributed by atoms with E-state index < -0.39 is 0 Å². The molecule has 8 heteroatoms. The second-order valence-electron chi connectivity index (χ2n) is 4.32. The number of anilines is 1. The summed E-state index contributed by atoms with van der Waals surface area (Å²) >= 11 is 1.37. The summed E-state index contributed by atoms with van der Waals surface area (Å²) in [5.41, 5.74) is 0. The number of likely N-dealkylation sites (tertiary alicyclic amines) is 1.